The molecule has 4 nitrogen and oxygen atoms in total. The van der Waals surface area contributed by atoms with Crippen molar-refractivity contribution >= 4 is 23.0 Å². The number of nitrogens with two attached hydrogens (primary N) is 1. The lowest BCUT2D eigenvalue weighted by molar-refractivity contribution is 0.0728. The Labute approximate surface area is 104 Å². The maximum atomic E-state index is 13.2. The summed E-state index contributed by atoms with van der Waals surface area (Å²) in [6.07, 6.45) is 0. The molecule has 0 spiro atoms. The number of ether oxygens (including phenoxy) is 1. The van der Waals surface area contributed by atoms with E-state index in [1.165, 1.54) is 12.1 Å². The van der Waals surface area contributed by atoms with Crippen LogP contribution in [-0.4, -0.2) is 37.5 Å². The van der Waals surface area contributed by atoms with Gasteiger partial charge in [-0.25, -0.2) is 4.39 Å². The first-order valence-corrected chi connectivity index (χ1v) is 5.71. The van der Waals surface area contributed by atoms with E-state index in [0.29, 0.717) is 31.1 Å². The molecule has 1 aromatic carbocycles. The van der Waals surface area contributed by atoms with Crippen LogP contribution in [0.25, 0.3) is 0 Å². The Hall–Kier alpha value is -1.04. The molecule has 0 aromatic heterocycles. The first-order chi connectivity index (χ1) is 8.13. The molecule has 0 radical (unpaired) electrons. The lowest BCUT2D eigenvalue weighted by atomic mass is 10.1. The molecule has 1 aliphatic heterocycles. The topological polar surface area (TPSA) is 58.7 Å². The molecule has 1 saturated heterocycles. The van der Waals surface area contributed by atoms with E-state index in [4.69, 9.17) is 22.1 Å². The molecule has 3 N–H and O–H groups in total. The van der Waals surface area contributed by atoms with Gasteiger partial charge in [0, 0.05) is 12.6 Å². The smallest absolute Gasteiger partial charge is 0.143 e. The Morgan fingerprint density at radius 2 is 2.35 bits per heavy atom. The normalized spacial score (nSPS) is 20.6. The van der Waals surface area contributed by atoms with Crippen molar-refractivity contribution in [3.63, 3.8) is 0 Å². The van der Waals surface area contributed by atoms with Crippen LogP contribution in [0, 0.1) is 5.82 Å². The average molecular weight is 261 g/mol. The molecule has 1 atom stereocenters. The highest BCUT2D eigenvalue weighted by Gasteiger charge is 2.24. The van der Waals surface area contributed by atoms with E-state index in [1.807, 2.05) is 4.90 Å². The zero-order valence-corrected chi connectivity index (χ0v) is 9.95. The summed E-state index contributed by atoms with van der Waals surface area (Å²) in [5, 5.41) is 9.29. The van der Waals surface area contributed by atoms with E-state index in [0.717, 1.165) is 0 Å². The Balaban J connectivity index is 2.34. The maximum Gasteiger partial charge on any atom is 0.143 e. The van der Waals surface area contributed by atoms with Crippen molar-refractivity contribution in [1.29, 1.82) is 0 Å². The first kappa shape index (κ1) is 12.4. The second kappa shape index (κ2) is 5.08. The monoisotopic (exact) mass is 260 g/mol. The summed E-state index contributed by atoms with van der Waals surface area (Å²) in [7, 11) is 0. The van der Waals surface area contributed by atoms with Crippen molar-refractivity contribution in [2.24, 2.45) is 0 Å². The van der Waals surface area contributed by atoms with Crippen molar-refractivity contribution in [3.05, 3.63) is 23.0 Å². The Morgan fingerprint density at radius 1 is 1.59 bits per heavy atom. The highest BCUT2D eigenvalue weighted by molar-refractivity contribution is 6.31. The molecule has 1 unspecified atom stereocenters. The number of nitrogens with zero attached hydrogens (tertiary/aromatic N) is 1. The Morgan fingerprint density at radius 3 is 3.06 bits per heavy atom. The molecule has 1 fully saturated rings. The number of nitrogen functional groups attached to an aromatic ring is 1. The minimum Gasteiger partial charge on any atom is -0.397 e. The van der Waals surface area contributed by atoms with Gasteiger partial charge in [-0.05, 0) is 6.07 Å². The van der Waals surface area contributed by atoms with Crippen LogP contribution >= 0.6 is 11.6 Å². The zero-order chi connectivity index (χ0) is 12.4. The fourth-order valence-electron chi connectivity index (χ4n) is 1.92. The molecule has 94 valence electrons. The Bertz CT molecular complexity index is 417. The predicted molar refractivity (Wildman–Crippen MR) is 64.9 cm³/mol. The number of aliphatic hydroxyl groups excluding tert-OH is 1. The quantitative estimate of drug-likeness (QED) is 0.786. The average Bonchev–Trinajstić information content (AvgIpc) is 2.34. The summed E-state index contributed by atoms with van der Waals surface area (Å²) in [4.78, 5) is 1.89. The van der Waals surface area contributed by atoms with Crippen LogP contribution in [-0.2, 0) is 4.74 Å². The number of hydrogen-bond acceptors (Lipinski definition) is 4. The van der Waals surface area contributed by atoms with Crippen LogP contribution in [0.1, 0.15) is 0 Å². The van der Waals surface area contributed by atoms with Crippen LogP contribution in [0.15, 0.2) is 12.1 Å². The van der Waals surface area contributed by atoms with Gasteiger partial charge in [0.2, 0.25) is 0 Å². The number of morpholine rings is 1. The molecule has 6 heteroatoms. The highest BCUT2D eigenvalue weighted by Crippen LogP contribution is 2.31. The number of halogens is 2. The first-order valence-electron chi connectivity index (χ1n) is 5.33. The van der Waals surface area contributed by atoms with E-state index >= 15 is 0 Å². The van der Waals surface area contributed by atoms with Gasteiger partial charge in [-0.15, -0.1) is 0 Å². The van der Waals surface area contributed by atoms with Crippen molar-refractivity contribution in [2.45, 2.75) is 6.04 Å². The van der Waals surface area contributed by atoms with Gasteiger partial charge in [-0.3, -0.25) is 0 Å². The minimum atomic E-state index is -0.540. The summed E-state index contributed by atoms with van der Waals surface area (Å²) in [5.74, 6) is -0.540. The van der Waals surface area contributed by atoms with Crippen LogP contribution in [0.4, 0.5) is 15.8 Å². The fourth-order valence-corrected chi connectivity index (χ4v) is 2.08. The van der Waals surface area contributed by atoms with Crippen molar-refractivity contribution in [2.75, 3.05) is 37.0 Å². The fraction of sp³-hybridized carbons (Fsp3) is 0.455. The number of rotatable bonds is 2. The second-order valence-electron chi connectivity index (χ2n) is 3.93. The lowest BCUT2D eigenvalue weighted by Gasteiger charge is -2.37. The van der Waals surface area contributed by atoms with E-state index in [-0.39, 0.29) is 17.7 Å². The van der Waals surface area contributed by atoms with E-state index in [9.17, 15) is 9.50 Å². The highest BCUT2D eigenvalue weighted by atomic mass is 35.5. The molecule has 17 heavy (non-hydrogen) atoms. The summed E-state index contributed by atoms with van der Waals surface area (Å²) in [6.45, 7) is 1.52. The second-order valence-corrected chi connectivity index (χ2v) is 4.34. The minimum absolute atomic E-state index is 0.0254. The number of anilines is 2. The molecular formula is C11H14ClFN2O2. The summed E-state index contributed by atoms with van der Waals surface area (Å²) in [5.41, 5.74) is 6.73. The van der Waals surface area contributed by atoms with Crippen molar-refractivity contribution < 1.29 is 14.2 Å². The SMILES string of the molecule is Nc1cc(F)c(Cl)cc1N1CCOCC1CO. The number of hydrogen-bond donors (Lipinski definition) is 2. The van der Waals surface area contributed by atoms with Crippen LogP contribution < -0.4 is 10.6 Å². The van der Waals surface area contributed by atoms with E-state index < -0.39 is 5.82 Å². The van der Waals surface area contributed by atoms with E-state index in [2.05, 4.69) is 0 Å². The summed E-state index contributed by atoms with van der Waals surface area (Å²) in [6, 6.07) is 2.51. The molecule has 0 amide bonds. The molecule has 1 aliphatic rings. The van der Waals surface area contributed by atoms with E-state index in [1.54, 1.807) is 0 Å². The molecule has 0 aliphatic carbocycles. The van der Waals surface area contributed by atoms with Gasteiger partial charge in [-0.2, -0.15) is 0 Å². The Kier molecular flexibility index (Phi) is 3.71. The maximum absolute atomic E-state index is 13.2. The zero-order valence-electron chi connectivity index (χ0n) is 9.20. The van der Waals surface area contributed by atoms with Crippen LogP contribution in [0.5, 0.6) is 0 Å². The lowest BCUT2D eigenvalue weighted by Crippen LogP contribution is -2.47. The molecular weight excluding hydrogens is 247 g/mol. The summed E-state index contributed by atoms with van der Waals surface area (Å²) >= 11 is 5.74. The third-order valence-electron chi connectivity index (χ3n) is 2.82. The van der Waals surface area contributed by atoms with Gasteiger partial charge in [-0.1, -0.05) is 11.6 Å². The van der Waals surface area contributed by atoms with Gasteiger partial charge in [0.15, 0.2) is 0 Å². The third-order valence-corrected chi connectivity index (χ3v) is 3.11. The molecule has 2 rings (SSSR count). The van der Waals surface area contributed by atoms with Gasteiger partial charge in [0.1, 0.15) is 5.82 Å². The van der Waals surface area contributed by atoms with Gasteiger partial charge in [0.05, 0.1) is 42.3 Å². The number of benzene rings is 1. The molecule has 0 saturated carbocycles. The summed E-state index contributed by atoms with van der Waals surface area (Å²) < 4.78 is 18.5. The van der Waals surface area contributed by atoms with Gasteiger partial charge < -0.3 is 20.5 Å². The number of aliphatic hydroxyl groups is 1. The largest absolute Gasteiger partial charge is 0.397 e. The van der Waals surface area contributed by atoms with Crippen molar-refractivity contribution in [3.8, 4) is 0 Å². The van der Waals surface area contributed by atoms with Crippen LogP contribution in [0.3, 0.4) is 0 Å². The molecule has 0 bridgehead atoms. The van der Waals surface area contributed by atoms with Crippen molar-refractivity contribution in [1.82, 2.24) is 0 Å². The third kappa shape index (κ3) is 2.46. The predicted octanol–water partition coefficient (Wildman–Crippen LogP) is 1.26. The van der Waals surface area contributed by atoms with Crippen LogP contribution in [0.2, 0.25) is 5.02 Å². The standard InChI is InChI=1S/C11H14ClFN2O2/c12-8-3-11(10(14)4-9(8)13)15-1-2-17-6-7(15)5-16/h3-4,7,16H,1-2,5-6,14H2. The van der Waals surface area contributed by atoms with Gasteiger partial charge >= 0.3 is 0 Å². The molecule has 1 heterocycles. The molecule has 1 aromatic rings. The van der Waals surface area contributed by atoms with Gasteiger partial charge in [0.25, 0.3) is 0 Å².